The van der Waals surface area contributed by atoms with Gasteiger partial charge in [-0.25, -0.2) is 4.39 Å². The van der Waals surface area contributed by atoms with Gasteiger partial charge in [0.25, 0.3) is 0 Å². The second kappa shape index (κ2) is 12.4. The molecule has 0 bridgehead atoms. The third kappa shape index (κ3) is 6.49. The number of phenolic OH excluding ortho intramolecular Hbond substituents is 1. The van der Waals surface area contributed by atoms with E-state index in [9.17, 15) is 9.50 Å². The fraction of sp³-hybridized carbons (Fsp3) is 0.368. The van der Waals surface area contributed by atoms with E-state index in [4.69, 9.17) is 11.2 Å². The number of fused-ring (bicyclic) bond motifs is 1. The van der Waals surface area contributed by atoms with Crippen LogP contribution in [0.1, 0.15) is 25.0 Å². The van der Waals surface area contributed by atoms with Crippen molar-refractivity contribution >= 4 is 10.8 Å². The van der Waals surface area contributed by atoms with Gasteiger partial charge in [-0.15, -0.1) is 19.5 Å². The van der Waals surface area contributed by atoms with Crippen LogP contribution in [0, 0.1) is 25.1 Å². The maximum Gasteiger partial charge on any atom is 0.139 e. The molecule has 2 aromatic carbocycles. The van der Waals surface area contributed by atoms with Crippen molar-refractivity contribution in [3.8, 4) is 18.1 Å². The fourth-order valence-electron chi connectivity index (χ4n) is 2.25. The number of phenols is 1. The van der Waals surface area contributed by atoms with Crippen molar-refractivity contribution in [2.45, 2.75) is 20.8 Å². The standard InChI is InChI=1S/C13H9FO.C4H8NO.C2H6.Y/c1-3-11-12(14)5-4-9-7-10(15)6-8(2)13(9)11;1-3-6-4-2-5-1;1-2;/h1,4-7,15H,2H3;1-4H2;1-2H3;/q;-1;;. The Morgan fingerprint density at radius 1 is 1.21 bits per heavy atom. The number of ether oxygens (including phenoxy) is 1. The number of halogens is 1. The van der Waals surface area contributed by atoms with Crippen molar-refractivity contribution in [1.82, 2.24) is 0 Å². The first-order valence-electron chi connectivity index (χ1n) is 7.73. The van der Waals surface area contributed by atoms with Gasteiger partial charge in [-0.3, -0.25) is 0 Å². The molecule has 1 aliphatic rings. The van der Waals surface area contributed by atoms with Crippen LogP contribution < -0.4 is 0 Å². The summed E-state index contributed by atoms with van der Waals surface area (Å²) in [6.45, 7) is 9.27. The van der Waals surface area contributed by atoms with Crippen LogP contribution in [0.15, 0.2) is 24.3 Å². The van der Waals surface area contributed by atoms with Crippen molar-refractivity contribution in [3.05, 3.63) is 46.5 Å². The Hall–Kier alpha value is -0.986. The second-order valence-electron chi connectivity index (χ2n) is 4.71. The van der Waals surface area contributed by atoms with Gasteiger partial charge in [0.1, 0.15) is 11.6 Å². The van der Waals surface area contributed by atoms with E-state index < -0.39 is 5.82 Å². The molecule has 2 aromatic rings. The predicted molar refractivity (Wildman–Crippen MR) is 93.5 cm³/mol. The molecule has 5 heteroatoms. The third-order valence-electron chi connectivity index (χ3n) is 3.18. The van der Waals surface area contributed by atoms with E-state index in [1.54, 1.807) is 25.1 Å². The van der Waals surface area contributed by atoms with Gasteiger partial charge < -0.3 is 15.2 Å². The van der Waals surface area contributed by atoms with Crippen molar-refractivity contribution in [2.75, 3.05) is 26.3 Å². The maximum absolute atomic E-state index is 13.4. The van der Waals surface area contributed by atoms with Crippen molar-refractivity contribution in [1.29, 1.82) is 0 Å². The summed E-state index contributed by atoms with van der Waals surface area (Å²) in [6.07, 6.45) is 5.27. The van der Waals surface area contributed by atoms with Gasteiger partial charge in [0.15, 0.2) is 0 Å². The number of nitrogens with zero attached hydrogens (tertiary/aromatic N) is 1. The summed E-state index contributed by atoms with van der Waals surface area (Å²) >= 11 is 0. The first kappa shape index (κ1) is 23.0. The summed E-state index contributed by atoms with van der Waals surface area (Å²) in [7, 11) is 0. The minimum Gasteiger partial charge on any atom is -0.659 e. The normalized spacial score (nSPS) is 12.6. The molecule has 0 aromatic heterocycles. The Bertz CT molecular complexity index is 668. The molecule has 0 amide bonds. The van der Waals surface area contributed by atoms with Crippen LogP contribution >= 0.6 is 0 Å². The van der Waals surface area contributed by atoms with Gasteiger partial charge in [0, 0.05) is 51.3 Å². The Labute approximate surface area is 168 Å². The second-order valence-corrected chi connectivity index (χ2v) is 4.71. The zero-order chi connectivity index (χ0) is 17.2. The third-order valence-corrected chi connectivity index (χ3v) is 3.18. The van der Waals surface area contributed by atoms with E-state index in [1.165, 1.54) is 6.07 Å². The monoisotopic (exact) mass is 405 g/mol. The van der Waals surface area contributed by atoms with Crippen molar-refractivity contribution in [2.24, 2.45) is 0 Å². The minimum absolute atomic E-state index is 0. The Morgan fingerprint density at radius 2 is 1.83 bits per heavy atom. The quantitative estimate of drug-likeness (QED) is 0.661. The van der Waals surface area contributed by atoms with Crippen molar-refractivity contribution in [3.63, 3.8) is 0 Å². The maximum atomic E-state index is 13.4. The number of hydrogen-bond donors (Lipinski definition) is 1. The fourth-order valence-corrected chi connectivity index (χ4v) is 2.25. The number of hydrogen-bond acceptors (Lipinski definition) is 2. The van der Waals surface area contributed by atoms with E-state index >= 15 is 0 Å². The van der Waals surface area contributed by atoms with Crippen LogP contribution in [-0.2, 0) is 37.4 Å². The number of terminal acetylenes is 1. The van der Waals surface area contributed by atoms with Crippen LogP contribution in [0.5, 0.6) is 5.75 Å². The first-order chi connectivity index (χ1) is 11.1. The predicted octanol–water partition coefficient (Wildman–Crippen LogP) is 4.39. The number of morpholine rings is 1. The number of aromatic hydroxyl groups is 1. The Morgan fingerprint density at radius 3 is 2.29 bits per heavy atom. The first-order valence-corrected chi connectivity index (χ1v) is 7.73. The van der Waals surface area contributed by atoms with Crippen LogP contribution in [0.3, 0.4) is 0 Å². The van der Waals surface area contributed by atoms with E-state index in [2.05, 4.69) is 11.2 Å². The molecule has 0 spiro atoms. The van der Waals surface area contributed by atoms with Gasteiger partial charge in [0.05, 0.1) is 5.56 Å². The number of benzene rings is 2. The molecule has 1 aliphatic heterocycles. The molecule has 3 rings (SSSR count). The summed E-state index contributed by atoms with van der Waals surface area (Å²) in [5.74, 6) is 2.10. The molecule has 127 valence electrons. The van der Waals surface area contributed by atoms with E-state index in [1.807, 2.05) is 13.8 Å². The number of rotatable bonds is 0. The van der Waals surface area contributed by atoms with Crippen LogP contribution in [-0.4, -0.2) is 31.4 Å². The molecule has 1 saturated heterocycles. The summed E-state index contributed by atoms with van der Waals surface area (Å²) < 4.78 is 18.4. The van der Waals surface area contributed by atoms with Crippen LogP contribution in [0.4, 0.5) is 4.39 Å². The van der Waals surface area contributed by atoms with E-state index in [0.717, 1.165) is 37.3 Å². The largest absolute Gasteiger partial charge is 0.659 e. The molecule has 0 aliphatic carbocycles. The molecule has 1 N–H and O–H groups in total. The molecule has 0 atom stereocenters. The van der Waals surface area contributed by atoms with E-state index in [0.29, 0.717) is 5.39 Å². The molecule has 1 heterocycles. The Kier molecular flexibility index (Phi) is 11.9. The average molecular weight is 405 g/mol. The molecule has 0 unspecified atom stereocenters. The molecule has 24 heavy (non-hydrogen) atoms. The van der Waals surface area contributed by atoms with Crippen molar-refractivity contribution < 1.29 is 46.9 Å². The molecule has 1 fully saturated rings. The Balaban J connectivity index is 0.000000496. The summed E-state index contributed by atoms with van der Waals surface area (Å²) in [4.78, 5) is 0. The van der Waals surface area contributed by atoms with Gasteiger partial charge in [0.2, 0.25) is 0 Å². The van der Waals surface area contributed by atoms with Gasteiger partial charge in [-0.1, -0.05) is 25.8 Å². The SMILES string of the molecule is C#Cc1c(F)ccc2cc(O)cc(C)c12.C1COCC[N-]1.CC.[Y]. The van der Waals surface area contributed by atoms with Crippen LogP contribution in [0.2, 0.25) is 0 Å². The van der Waals surface area contributed by atoms with E-state index in [-0.39, 0.29) is 44.0 Å². The van der Waals surface area contributed by atoms with Gasteiger partial charge >= 0.3 is 0 Å². The topological polar surface area (TPSA) is 43.6 Å². The van der Waals surface area contributed by atoms with Gasteiger partial charge in [-0.05, 0) is 36.1 Å². The molecular formula is C19H23FNO2Y-. The molecule has 3 nitrogen and oxygen atoms in total. The zero-order valence-electron chi connectivity index (χ0n) is 14.5. The number of aryl methyl sites for hydroxylation is 1. The zero-order valence-corrected chi connectivity index (χ0v) is 17.3. The molecular weight excluding hydrogens is 382 g/mol. The molecule has 1 radical (unpaired) electrons. The minimum atomic E-state index is -0.404. The summed E-state index contributed by atoms with van der Waals surface area (Å²) in [5.41, 5.74) is 1.03. The molecule has 0 saturated carbocycles. The smallest absolute Gasteiger partial charge is 0.139 e. The van der Waals surface area contributed by atoms with Gasteiger partial charge in [-0.2, -0.15) is 0 Å². The van der Waals surface area contributed by atoms with Crippen LogP contribution in [0.25, 0.3) is 16.1 Å². The summed E-state index contributed by atoms with van der Waals surface area (Å²) in [5, 5.41) is 14.9. The average Bonchev–Trinajstić information content (AvgIpc) is 2.59. The summed E-state index contributed by atoms with van der Waals surface area (Å²) in [6, 6.07) is 6.07.